The molecule has 196 valence electrons. The van der Waals surface area contributed by atoms with Gasteiger partial charge in [-0.2, -0.15) is 5.10 Å². The predicted molar refractivity (Wildman–Crippen MR) is 151 cm³/mol. The van der Waals surface area contributed by atoms with E-state index in [1.807, 2.05) is 71.9 Å². The number of aryl methyl sites for hydroxylation is 2. The van der Waals surface area contributed by atoms with Gasteiger partial charge in [0, 0.05) is 47.0 Å². The molecule has 0 atom stereocenters. The van der Waals surface area contributed by atoms with Gasteiger partial charge in [-0.15, -0.1) is 0 Å². The normalized spacial score (nSPS) is 11.4. The lowest BCUT2D eigenvalue weighted by Crippen LogP contribution is -2.04. The second-order valence-electron chi connectivity index (χ2n) is 9.71. The number of benzene rings is 3. The predicted octanol–water partition coefficient (Wildman–Crippen LogP) is 5.98. The van der Waals surface area contributed by atoms with Gasteiger partial charge < -0.3 is 19.4 Å². The second kappa shape index (κ2) is 10.1. The van der Waals surface area contributed by atoms with Gasteiger partial charge in [0.1, 0.15) is 11.4 Å². The van der Waals surface area contributed by atoms with Crippen LogP contribution in [0.5, 0.6) is 5.75 Å². The van der Waals surface area contributed by atoms with E-state index in [4.69, 9.17) is 9.84 Å². The number of para-hydroxylation sites is 1. The second-order valence-corrected chi connectivity index (χ2v) is 9.71. The number of hydrogen-bond donors (Lipinski definition) is 2. The number of ether oxygens (including phenoxy) is 1. The van der Waals surface area contributed by atoms with E-state index < -0.39 is 5.97 Å². The Hall–Kier alpha value is -4.85. The zero-order valence-corrected chi connectivity index (χ0v) is 21.9. The molecule has 8 heteroatoms. The zero-order valence-electron chi connectivity index (χ0n) is 21.9. The summed E-state index contributed by atoms with van der Waals surface area (Å²) in [6, 6.07) is 20.2. The first kappa shape index (κ1) is 24.5. The first-order valence-electron chi connectivity index (χ1n) is 13.0. The minimum Gasteiger partial charge on any atom is -0.493 e. The summed E-state index contributed by atoms with van der Waals surface area (Å²) in [7, 11) is 1.93. The largest absolute Gasteiger partial charge is 0.493 e. The monoisotopic (exact) mass is 519 g/mol. The van der Waals surface area contributed by atoms with E-state index in [0.29, 0.717) is 26.0 Å². The fraction of sp³-hybridized carbons (Fsp3) is 0.194. The molecule has 0 saturated heterocycles. The van der Waals surface area contributed by atoms with E-state index in [2.05, 4.69) is 28.2 Å². The molecule has 0 bridgehead atoms. The van der Waals surface area contributed by atoms with E-state index in [0.717, 1.165) is 55.5 Å². The Morgan fingerprint density at radius 1 is 1.05 bits per heavy atom. The van der Waals surface area contributed by atoms with Gasteiger partial charge in [-0.3, -0.25) is 4.68 Å². The molecule has 0 radical (unpaired) electrons. The summed E-state index contributed by atoms with van der Waals surface area (Å²) in [5.74, 6) is -0.131. The maximum absolute atomic E-state index is 12.3. The Balaban J connectivity index is 1.31. The van der Waals surface area contributed by atoms with Crippen LogP contribution in [0.1, 0.15) is 33.9 Å². The standard InChI is InChI=1S/C31H29N5O3/c1-20-28(26(34-35(20)2)18-36-16-15-32-19-36)25-12-6-11-23-24(30(31(37)38)33-29(23)25)13-7-17-39-27-14-5-9-21-8-3-4-10-22(21)27/h3-6,8-12,14-16,19,33H,7,13,17-18H2,1-2H3,(H,37,38). The molecule has 0 amide bonds. The summed E-state index contributed by atoms with van der Waals surface area (Å²) in [5.41, 5.74) is 5.67. The summed E-state index contributed by atoms with van der Waals surface area (Å²) in [5, 5.41) is 18.0. The number of aromatic carboxylic acids is 1. The van der Waals surface area contributed by atoms with Crippen molar-refractivity contribution in [1.29, 1.82) is 0 Å². The summed E-state index contributed by atoms with van der Waals surface area (Å²) in [6.07, 6.45) is 6.67. The number of carboxylic acids is 1. The minimum atomic E-state index is -0.969. The fourth-order valence-electron chi connectivity index (χ4n) is 5.37. The summed E-state index contributed by atoms with van der Waals surface area (Å²) >= 11 is 0. The van der Waals surface area contributed by atoms with E-state index in [1.165, 1.54) is 0 Å². The maximum Gasteiger partial charge on any atom is 0.352 e. The highest BCUT2D eigenvalue weighted by molar-refractivity contribution is 6.03. The maximum atomic E-state index is 12.3. The number of carbonyl (C=O) groups is 1. The minimum absolute atomic E-state index is 0.223. The third-order valence-electron chi connectivity index (χ3n) is 7.30. The van der Waals surface area contributed by atoms with Gasteiger partial charge in [-0.05, 0) is 36.8 Å². The van der Waals surface area contributed by atoms with E-state index in [9.17, 15) is 9.90 Å². The Bertz CT molecular complexity index is 1790. The van der Waals surface area contributed by atoms with Crippen LogP contribution in [0.15, 0.2) is 79.4 Å². The average molecular weight is 520 g/mol. The molecule has 0 aliphatic heterocycles. The van der Waals surface area contributed by atoms with E-state index in [-0.39, 0.29) is 5.69 Å². The van der Waals surface area contributed by atoms with Crippen molar-refractivity contribution in [3.05, 3.63) is 102 Å². The summed E-state index contributed by atoms with van der Waals surface area (Å²) < 4.78 is 9.98. The van der Waals surface area contributed by atoms with Gasteiger partial charge in [0.2, 0.25) is 0 Å². The molecule has 0 aliphatic carbocycles. The van der Waals surface area contributed by atoms with Crippen LogP contribution in [0, 0.1) is 6.92 Å². The number of imidazole rings is 1. The van der Waals surface area contributed by atoms with Crippen molar-refractivity contribution in [2.75, 3.05) is 6.61 Å². The number of fused-ring (bicyclic) bond motifs is 2. The molecule has 0 spiro atoms. The third kappa shape index (κ3) is 4.54. The van der Waals surface area contributed by atoms with Crippen LogP contribution >= 0.6 is 0 Å². The molecule has 3 aromatic carbocycles. The number of aromatic amines is 1. The highest BCUT2D eigenvalue weighted by atomic mass is 16.5. The number of nitrogens with one attached hydrogen (secondary N) is 1. The molecular weight excluding hydrogens is 490 g/mol. The SMILES string of the molecule is Cc1c(-c2cccc3c(CCCOc4cccc5ccccc45)c(C(=O)O)[nH]c23)c(Cn2ccnc2)nn1C. The van der Waals surface area contributed by atoms with Crippen LogP contribution in [0.25, 0.3) is 32.8 Å². The lowest BCUT2D eigenvalue weighted by atomic mass is 9.98. The number of hydrogen-bond acceptors (Lipinski definition) is 4. The van der Waals surface area contributed by atoms with Crippen LogP contribution < -0.4 is 4.74 Å². The Morgan fingerprint density at radius 3 is 2.67 bits per heavy atom. The van der Waals surface area contributed by atoms with Crippen LogP contribution in [0.2, 0.25) is 0 Å². The Labute approximate surface area is 225 Å². The van der Waals surface area contributed by atoms with Gasteiger partial charge >= 0.3 is 5.97 Å². The molecule has 0 saturated carbocycles. The van der Waals surface area contributed by atoms with Crippen molar-refractivity contribution in [2.24, 2.45) is 7.05 Å². The number of nitrogens with zero attached hydrogens (tertiary/aromatic N) is 4. The highest BCUT2D eigenvalue weighted by Crippen LogP contribution is 2.36. The Kier molecular flexibility index (Phi) is 6.36. The summed E-state index contributed by atoms with van der Waals surface area (Å²) in [4.78, 5) is 19.7. The van der Waals surface area contributed by atoms with Crippen LogP contribution in [-0.2, 0) is 20.0 Å². The van der Waals surface area contributed by atoms with Gasteiger partial charge in [0.15, 0.2) is 0 Å². The number of rotatable bonds is 9. The molecule has 0 aliphatic rings. The molecule has 6 rings (SSSR count). The molecule has 39 heavy (non-hydrogen) atoms. The molecule has 6 aromatic rings. The molecule has 0 fully saturated rings. The lowest BCUT2D eigenvalue weighted by Gasteiger charge is -2.10. The molecule has 3 aromatic heterocycles. The van der Waals surface area contributed by atoms with Crippen molar-refractivity contribution in [2.45, 2.75) is 26.3 Å². The van der Waals surface area contributed by atoms with Crippen molar-refractivity contribution in [3.8, 4) is 16.9 Å². The molecule has 3 heterocycles. The van der Waals surface area contributed by atoms with Crippen LogP contribution in [-0.4, -0.2) is 42.0 Å². The van der Waals surface area contributed by atoms with Crippen LogP contribution in [0.4, 0.5) is 0 Å². The van der Waals surface area contributed by atoms with E-state index >= 15 is 0 Å². The topological polar surface area (TPSA) is 98.0 Å². The van der Waals surface area contributed by atoms with E-state index in [1.54, 1.807) is 12.5 Å². The quantitative estimate of drug-likeness (QED) is 0.229. The highest BCUT2D eigenvalue weighted by Gasteiger charge is 2.23. The van der Waals surface area contributed by atoms with Crippen LogP contribution in [0.3, 0.4) is 0 Å². The summed E-state index contributed by atoms with van der Waals surface area (Å²) in [6.45, 7) is 3.08. The number of H-pyrrole nitrogens is 1. The van der Waals surface area contributed by atoms with Gasteiger partial charge in [0.25, 0.3) is 0 Å². The van der Waals surface area contributed by atoms with Crippen molar-refractivity contribution < 1.29 is 14.6 Å². The molecular formula is C31H29N5O3. The molecule has 0 unspecified atom stereocenters. The van der Waals surface area contributed by atoms with Crippen molar-refractivity contribution in [1.82, 2.24) is 24.3 Å². The first-order valence-corrected chi connectivity index (χ1v) is 13.0. The van der Waals surface area contributed by atoms with Gasteiger partial charge in [-0.25, -0.2) is 9.78 Å². The lowest BCUT2D eigenvalue weighted by molar-refractivity contribution is 0.0690. The molecule has 8 nitrogen and oxygen atoms in total. The number of aromatic nitrogens is 5. The molecule has 2 N–H and O–H groups in total. The zero-order chi connectivity index (χ0) is 26.9. The fourth-order valence-corrected chi connectivity index (χ4v) is 5.37. The smallest absolute Gasteiger partial charge is 0.352 e. The van der Waals surface area contributed by atoms with Gasteiger partial charge in [0.05, 0.1) is 30.7 Å². The van der Waals surface area contributed by atoms with Crippen molar-refractivity contribution >= 4 is 27.6 Å². The average Bonchev–Trinajstić information content (AvgIpc) is 3.65. The van der Waals surface area contributed by atoms with Gasteiger partial charge in [-0.1, -0.05) is 54.6 Å². The first-order chi connectivity index (χ1) is 19.0. The number of carboxylic acid groups (broad SMARTS) is 1. The Morgan fingerprint density at radius 2 is 1.85 bits per heavy atom. The third-order valence-corrected chi connectivity index (χ3v) is 7.30. The van der Waals surface area contributed by atoms with Crippen molar-refractivity contribution in [3.63, 3.8) is 0 Å².